The van der Waals surface area contributed by atoms with Crippen molar-refractivity contribution >= 4 is 69.6 Å². The van der Waals surface area contributed by atoms with E-state index in [-0.39, 0.29) is 0 Å². The minimum Gasteiger partial charge on any atom is -0.408 e. The first-order valence-corrected chi connectivity index (χ1v) is 27.8. The molecular weight excluding hydrogens is 942 g/mol. The normalized spacial score (nSPS) is 13.7. The van der Waals surface area contributed by atoms with E-state index in [1.165, 1.54) is 122 Å². The Kier molecular flexibility index (Phi) is 12.4. The molecule has 6 aromatic carbocycles. The Hall–Kier alpha value is -8.47. The number of benzene rings is 6. The van der Waals surface area contributed by atoms with E-state index in [0.29, 0.717) is 0 Å². The van der Waals surface area contributed by atoms with Gasteiger partial charge in [0.25, 0.3) is 0 Å². The van der Waals surface area contributed by atoms with Gasteiger partial charge in [-0.25, -0.2) is 0 Å². The van der Waals surface area contributed by atoms with Crippen LogP contribution >= 0.6 is 0 Å². The molecule has 10 aromatic rings. The van der Waals surface area contributed by atoms with Gasteiger partial charge in [-0.2, -0.15) is 0 Å². The summed E-state index contributed by atoms with van der Waals surface area (Å²) in [6.45, 7) is 27.3. The van der Waals surface area contributed by atoms with Crippen LogP contribution < -0.4 is 41.7 Å². The van der Waals surface area contributed by atoms with E-state index in [2.05, 4.69) is 274 Å². The van der Waals surface area contributed by atoms with Crippen LogP contribution in [0.2, 0.25) is 0 Å². The SMILES string of the molecule is Cc1cc(C)c([B-]2(c3c(C)cc(C)cc3C)c3ccccc3-c3ccc(/C=C/c4ccnc(-c5cc(/C=C/c6ccc7[n+](c6)[B-](c6c(C)cc(C)cc6C)(c6c(C)cc(C)cc6C)c6ccccc6-7)ccn5)c4)c[n+]32)c(C)c1. The second-order valence-electron chi connectivity index (χ2n) is 23.2. The molecule has 0 N–H and O–H groups in total. The fourth-order valence-corrected chi connectivity index (χ4v) is 15.5. The lowest BCUT2D eigenvalue weighted by molar-refractivity contribution is -0.524. The first-order chi connectivity index (χ1) is 37.6. The Morgan fingerprint density at radius 2 is 0.615 bits per heavy atom. The molecule has 382 valence electrons. The van der Waals surface area contributed by atoms with Gasteiger partial charge in [0.15, 0.2) is 11.4 Å². The van der Waals surface area contributed by atoms with Crippen LogP contribution in [-0.4, -0.2) is 22.5 Å². The van der Waals surface area contributed by atoms with E-state index in [0.717, 1.165) is 33.6 Å². The minimum atomic E-state index is -1.62. The lowest BCUT2D eigenvalue weighted by Crippen LogP contribution is -2.84. The molecule has 0 unspecified atom stereocenters. The maximum absolute atomic E-state index is 4.87. The largest absolute Gasteiger partial charge is 0.408 e. The van der Waals surface area contributed by atoms with Gasteiger partial charge in [-0.15, -0.1) is 32.8 Å². The number of pyridine rings is 4. The van der Waals surface area contributed by atoms with Crippen molar-refractivity contribution in [1.82, 2.24) is 9.97 Å². The number of aromatic nitrogens is 4. The summed E-state index contributed by atoms with van der Waals surface area (Å²) in [5, 5.41) is 0. The highest BCUT2D eigenvalue weighted by molar-refractivity contribution is 7.08. The van der Waals surface area contributed by atoms with Crippen molar-refractivity contribution in [3.8, 4) is 33.9 Å². The molecule has 6 heterocycles. The smallest absolute Gasteiger partial charge is 0.362 e. The molecule has 78 heavy (non-hydrogen) atoms. The zero-order chi connectivity index (χ0) is 54.4. The van der Waals surface area contributed by atoms with E-state index in [9.17, 15) is 0 Å². The third-order valence-electron chi connectivity index (χ3n) is 17.6. The van der Waals surface area contributed by atoms with E-state index in [1.54, 1.807) is 0 Å². The molecule has 0 amide bonds. The quantitative estimate of drug-likeness (QED) is 0.135. The summed E-state index contributed by atoms with van der Waals surface area (Å²) in [7, 11) is 0. The fourth-order valence-electron chi connectivity index (χ4n) is 15.5. The van der Waals surface area contributed by atoms with Gasteiger partial charge in [0.1, 0.15) is 12.4 Å². The van der Waals surface area contributed by atoms with E-state index in [1.807, 2.05) is 12.4 Å². The third-order valence-corrected chi connectivity index (χ3v) is 17.6. The average molecular weight is 1010 g/mol. The van der Waals surface area contributed by atoms with Crippen LogP contribution in [0.25, 0.3) is 58.2 Å². The molecule has 6 heteroatoms. The predicted molar refractivity (Wildman–Crippen MR) is 332 cm³/mol. The molecule has 0 spiro atoms. The molecule has 12 rings (SSSR count). The van der Waals surface area contributed by atoms with E-state index in [4.69, 9.17) is 9.97 Å². The van der Waals surface area contributed by atoms with Crippen molar-refractivity contribution in [2.24, 2.45) is 0 Å². The first-order valence-electron chi connectivity index (χ1n) is 27.8. The molecule has 4 aromatic heterocycles. The summed E-state index contributed by atoms with van der Waals surface area (Å²) in [5.41, 5.74) is 35.2. The summed E-state index contributed by atoms with van der Waals surface area (Å²) < 4.78 is 5.27. The molecule has 0 saturated carbocycles. The minimum absolute atomic E-state index is 0.829. The topological polar surface area (TPSA) is 33.5 Å². The van der Waals surface area contributed by atoms with E-state index >= 15 is 0 Å². The average Bonchev–Trinajstić information content (AvgIpc) is 2.82. The number of hydrogen-bond acceptors (Lipinski definition) is 2. The van der Waals surface area contributed by atoms with Crippen molar-refractivity contribution in [2.75, 3.05) is 0 Å². The summed E-state index contributed by atoms with van der Waals surface area (Å²) >= 11 is 0. The maximum atomic E-state index is 4.87. The zero-order valence-corrected chi connectivity index (χ0v) is 47.4. The lowest BCUT2D eigenvalue weighted by atomic mass is 9.22. The standard InChI is InChI=1S/C72H68B2N4/c1-45-33-49(5)69(50(6)34-45)73(70-51(7)35-46(2)36-52(70)8)63-19-15-13-17-61(63)67-27-25-59(43-77(67)73)23-21-57-29-31-75-65(41-57)66-42-58(30-32-76-66)22-24-60-26-28-68-62-18-14-16-20-64(62)74(78(68)44-60,71-53(9)37-47(3)38-54(71)10)72-55(11)39-48(4)40-56(72)12/h13-44H,1-12H3/b23-21+,24-22+. The molecule has 2 aliphatic rings. The second kappa shape index (κ2) is 19.2. The maximum Gasteiger partial charge on any atom is 0.362 e. The van der Waals surface area contributed by atoms with Gasteiger partial charge < -0.3 is 8.96 Å². The Balaban J connectivity index is 0.903. The van der Waals surface area contributed by atoms with Crippen LogP contribution in [0.5, 0.6) is 0 Å². The second-order valence-corrected chi connectivity index (χ2v) is 23.2. The van der Waals surface area contributed by atoms with Gasteiger partial charge in [0, 0.05) is 46.8 Å². The van der Waals surface area contributed by atoms with Crippen LogP contribution in [0.3, 0.4) is 0 Å². The van der Waals surface area contributed by atoms with Crippen molar-refractivity contribution in [3.63, 3.8) is 0 Å². The first kappa shape index (κ1) is 50.4. The number of fused-ring (bicyclic) bond motifs is 6. The van der Waals surface area contributed by atoms with Crippen LogP contribution in [0.15, 0.2) is 170 Å². The Morgan fingerprint density at radius 1 is 0.321 bits per heavy atom. The number of rotatable bonds is 9. The molecule has 4 nitrogen and oxygen atoms in total. The van der Waals surface area contributed by atoms with Gasteiger partial charge in [-0.05, 0) is 143 Å². The summed E-state index contributed by atoms with van der Waals surface area (Å²) in [4.78, 5) is 9.75. The van der Waals surface area contributed by atoms with E-state index < -0.39 is 12.6 Å². The Morgan fingerprint density at radius 3 is 0.936 bits per heavy atom. The molecule has 0 saturated heterocycles. The molecular formula is C72H68B2N4. The Labute approximate surface area is 462 Å². The molecule has 2 aliphatic heterocycles. The Bertz CT molecular complexity index is 3720. The zero-order valence-electron chi connectivity index (χ0n) is 47.4. The molecule has 0 bridgehead atoms. The van der Waals surface area contributed by atoms with Crippen LogP contribution in [0.4, 0.5) is 0 Å². The lowest BCUT2D eigenvalue weighted by Gasteiger charge is -2.39. The highest BCUT2D eigenvalue weighted by atomic mass is 15.0. The van der Waals surface area contributed by atoms with Gasteiger partial charge >= 0.3 is 12.6 Å². The van der Waals surface area contributed by atoms with Crippen molar-refractivity contribution < 1.29 is 8.96 Å². The van der Waals surface area contributed by atoms with Gasteiger partial charge in [-0.3, -0.25) is 9.97 Å². The number of aryl methyl sites for hydroxylation is 12. The molecule has 0 atom stereocenters. The number of nitrogens with zero attached hydrogens (tertiary/aromatic N) is 4. The van der Waals surface area contributed by atoms with Crippen molar-refractivity contribution in [2.45, 2.75) is 83.1 Å². The molecule has 0 radical (unpaired) electrons. The number of hydrogen-bond donors (Lipinski definition) is 0. The summed E-state index contributed by atoms with van der Waals surface area (Å²) in [5.74, 6) is 0. The van der Waals surface area contributed by atoms with Crippen molar-refractivity contribution in [3.05, 3.63) is 259 Å². The summed E-state index contributed by atoms with van der Waals surface area (Å²) in [6, 6.07) is 54.8. The van der Waals surface area contributed by atoms with Crippen LogP contribution in [0.1, 0.15) is 89.0 Å². The van der Waals surface area contributed by atoms with Gasteiger partial charge in [0.2, 0.25) is 0 Å². The fraction of sp³-hybridized carbons (Fsp3) is 0.167. The molecule has 0 fully saturated rings. The van der Waals surface area contributed by atoms with Crippen LogP contribution in [0, 0.1) is 83.1 Å². The van der Waals surface area contributed by atoms with Gasteiger partial charge in [-0.1, -0.05) is 176 Å². The van der Waals surface area contributed by atoms with Crippen molar-refractivity contribution in [1.29, 1.82) is 0 Å². The highest BCUT2D eigenvalue weighted by Gasteiger charge is 2.54. The predicted octanol–water partition coefficient (Wildman–Crippen LogP) is 11.8. The monoisotopic (exact) mass is 1010 g/mol. The molecule has 0 aliphatic carbocycles. The highest BCUT2D eigenvalue weighted by Crippen LogP contribution is 2.32. The van der Waals surface area contributed by atoms with Gasteiger partial charge in [0.05, 0.1) is 11.4 Å². The van der Waals surface area contributed by atoms with Crippen LogP contribution in [-0.2, 0) is 0 Å². The summed E-state index contributed by atoms with van der Waals surface area (Å²) in [6.07, 6.45) is 14.3. The third kappa shape index (κ3) is 7.98.